The van der Waals surface area contributed by atoms with Crippen molar-refractivity contribution in [3.63, 3.8) is 0 Å². The molecule has 2 rings (SSSR count). The van der Waals surface area contributed by atoms with Crippen LogP contribution in [0, 0.1) is 0 Å². The lowest BCUT2D eigenvalue weighted by atomic mass is 10.1. The average molecular weight is 321 g/mol. The summed E-state index contributed by atoms with van der Waals surface area (Å²) in [4.78, 5) is 18.2. The van der Waals surface area contributed by atoms with Gasteiger partial charge in [-0.1, -0.05) is 13.8 Å². The largest absolute Gasteiger partial charge is 0.389 e. The summed E-state index contributed by atoms with van der Waals surface area (Å²) < 4.78 is 1.06. The molecule has 2 N–H and O–H groups in total. The zero-order valence-electron chi connectivity index (χ0n) is 13.7. The molecule has 22 heavy (non-hydrogen) atoms. The monoisotopic (exact) mass is 321 g/mol. The van der Waals surface area contributed by atoms with E-state index >= 15 is 0 Å². The molecule has 2 amide bonds. The zero-order chi connectivity index (χ0) is 16.5. The van der Waals surface area contributed by atoms with Crippen molar-refractivity contribution >= 4 is 33.3 Å². The number of urea groups is 1. The van der Waals surface area contributed by atoms with Gasteiger partial charge in [-0.15, -0.1) is 11.3 Å². The Labute approximate surface area is 135 Å². The minimum atomic E-state index is -0.917. The molecule has 0 atom stereocenters. The third-order valence-electron chi connectivity index (χ3n) is 3.12. The molecule has 1 aromatic heterocycles. The molecule has 0 radical (unpaired) electrons. The smallest absolute Gasteiger partial charge is 0.321 e. The number of likely N-dealkylation sites (N-methyl/N-ethyl adjacent to an activating group) is 1. The third-order valence-corrected chi connectivity index (χ3v) is 4.44. The van der Waals surface area contributed by atoms with E-state index in [2.05, 4.69) is 24.1 Å². The van der Waals surface area contributed by atoms with E-state index in [1.54, 1.807) is 32.2 Å². The van der Waals surface area contributed by atoms with E-state index in [0.717, 1.165) is 20.9 Å². The number of nitrogens with one attached hydrogen (secondary N) is 1. The van der Waals surface area contributed by atoms with E-state index in [4.69, 9.17) is 0 Å². The van der Waals surface area contributed by atoms with Gasteiger partial charge in [-0.2, -0.15) is 0 Å². The fourth-order valence-corrected chi connectivity index (χ4v) is 3.15. The second-order valence-electron chi connectivity index (χ2n) is 6.49. The van der Waals surface area contributed by atoms with Gasteiger partial charge >= 0.3 is 6.03 Å². The highest BCUT2D eigenvalue weighted by Gasteiger charge is 2.19. The van der Waals surface area contributed by atoms with Crippen LogP contribution in [0.15, 0.2) is 18.2 Å². The van der Waals surface area contributed by atoms with Gasteiger partial charge in [-0.3, -0.25) is 0 Å². The molecule has 1 heterocycles. The summed E-state index contributed by atoms with van der Waals surface area (Å²) in [6.45, 7) is 7.85. The molecule has 0 unspecified atom stereocenters. The van der Waals surface area contributed by atoms with Crippen molar-refractivity contribution in [2.24, 2.45) is 0 Å². The first-order chi connectivity index (χ1) is 10.2. The number of thiazole rings is 1. The molecular weight excluding hydrogens is 298 g/mol. The van der Waals surface area contributed by atoms with Crippen LogP contribution in [0.25, 0.3) is 10.2 Å². The normalized spacial score (nSPS) is 12.0. The number of hydrogen-bond acceptors (Lipinski definition) is 4. The predicted molar refractivity (Wildman–Crippen MR) is 91.7 cm³/mol. The summed E-state index contributed by atoms with van der Waals surface area (Å²) >= 11 is 1.65. The molecule has 6 heteroatoms. The number of benzene rings is 1. The number of rotatable bonds is 4. The minimum absolute atomic E-state index is 0.241. The Morgan fingerprint density at radius 1 is 1.45 bits per heavy atom. The quantitative estimate of drug-likeness (QED) is 0.903. The van der Waals surface area contributed by atoms with E-state index in [0.29, 0.717) is 5.92 Å². The van der Waals surface area contributed by atoms with Crippen molar-refractivity contribution < 1.29 is 9.90 Å². The van der Waals surface area contributed by atoms with Crippen molar-refractivity contribution in [2.75, 3.05) is 18.9 Å². The number of amides is 2. The third kappa shape index (κ3) is 4.18. The predicted octanol–water partition coefficient (Wildman–Crippen LogP) is 3.65. The number of aromatic nitrogens is 1. The van der Waals surface area contributed by atoms with Crippen LogP contribution in [0.3, 0.4) is 0 Å². The molecule has 1 aromatic carbocycles. The Morgan fingerprint density at radius 3 is 2.73 bits per heavy atom. The summed E-state index contributed by atoms with van der Waals surface area (Å²) in [7, 11) is 1.66. The molecule has 5 nitrogen and oxygen atoms in total. The van der Waals surface area contributed by atoms with Crippen molar-refractivity contribution in [2.45, 2.75) is 39.2 Å². The topological polar surface area (TPSA) is 65.5 Å². The Kier molecular flexibility index (Phi) is 4.72. The van der Waals surface area contributed by atoms with Crippen LogP contribution in [0.5, 0.6) is 0 Å². The highest BCUT2D eigenvalue weighted by atomic mass is 32.1. The second kappa shape index (κ2) is 6.22. The molecule has 0 bridgehead atoms. The van der Waals surface area contributed by atoms with Crippen LogP contribution in [-0.2, 0) is 0 Å². The number of hydrogen-bond donors (Lipinski definition) is 2. The first-order valence-electron chi connectivity index (χ1n) is 7.31. The fraction of sp³-hybridized carbons (Fsp3) is 0.500. The maximum Gasteiger partial charge on any atom is 0.321 e. The molecular formula is C16H23N3O2S. The molecule has 2 aromatic rings. The molecule has 0 aliphatic heterocycles. The summed E-state index contributed by atoms with van der Waals surface area (Å²) in [5, 5.41) is 13.7. The molecule has 0 aliphatic carbocycles. The maximum absolute atomic E-state index is 12.1. The Morgan fingerprint density at radius 2 is 2.14 bits per heavy atom. The van der Waals surface area contributed by atoms with E-state index < -0.39 is 5.60 Å². The lowest BCUT2D eigenvalue weighted by Crippen LogP contribution is -2.41. The summed E-state index contributed by atoms with van der Waals surface area (Å²) in [6, 6.07) is 5.47. The molecule has 0 saturated heterocycles. The van der Waals surface area contributed by atoms with E-state index in [1.807, 2.05) is 18.2 Å². The Balaban J connectivity index is 2.12. The van der Waals surface area contributed by atoms with Crippen molar-refractivity contribution in [3.05, 3.63) is 23.2 Å². The fourth-order valence-electron chi connectivity index (χ4n) is 2.14. The van der Waals surface area contributed by atoms with Crippen LogP contribution >= 0.6 is 11.3 Å². The van der Waals surface area contributed by atoms with Crippen LogP contribution < -0.4 is 5.32 Å². The van der Waals surface area contributed by atoms with Crippen molar-refractivity contribution in [3.8, 4) is 0 Å². The highest BCUT2D eigenvalue weighted by molar-refractivity contribution is 7.18. The first-order valence-corrected chi connectivity index (χ1v) is 8.12. The lowest BCUT2D eigenvalue weighted by Gasteiger charge is -2.25. The van der Waals surface area contributed by atoms with Gasteiger partial charge in [0.05, 0.1) is 27.4 Å². The first kappa shape index (κ1) is 16.7. The van der Waals surface area contributed by atoms with Gasteiger partial charge in [0.2, 0.25) is 0 Å². The van der Waals surface area contributed by atoms with Crippen molar-refractivity contribution in [1.29, 1.82) is 0 Å². The summed E-state index contributed by atoms with van der Waals surface area (Å²) in [5.41, 5.74) is 0.774. The lowest BCUT2D eigenvalue weighted by molar-refractivity contribution is 0.0550. The summed E-state index contributed by atoms with van der Waals surface area (Å²) in [5.74, 6) is 0.397. The van der Waals surface area contributed by atoms with Crippen molar-refractivity contribution in [1.82, 2.24) is 9.88 Å². The van der Waals surface area contributed by atoms with Crippen LogP contribution in [0.2, 0.25) is 0 Å². The average Bonchev–Trinajstić information content (AvgIpc) is 2.79. The summed E-state index contributed by atoms with van der Waals surface area (Å²) in [6.07, 6.45) is 0. The van der Waals surface area contributed by atoms with Gasteiger partial charge in [0, 0.05) is 18.7 Å². The highest BCUT2D eigenvalue weighted by Crippen LogP contribution is 2.29. The standard InChI is InChI=1S/C16H23N3O2S/c1-10(2)14-18-12-7-6-11(8-13(12)22-14)17-15(20)19(5)9-16(3,4)21/h6-8,10,21H,9H2,1-5H3,(H,17,20). The molecule has 0 saturated carbocycles. The van der Waals surface area contributed by atoms with Gasteiger partial charge in [0.1, 0.15) is 0 Å². The van der Waals surface area contributed by atoms with Crippen LogP contribution in [0.1, 0.15) is 38.6 Å². The number of aliphatic hydroxyl groups is 1. The van der Waals surface area contributed by atoms with Gasteiger partial charge in [-0.05, 0) is 32.0 Å². The number of carbonyl (C=O) groups is 1. The van der Waals surface area contributed by atoms with Gasteiger partial charge < -0.3 is 15.3 Å². The number of nitrogens with zero attached hydrogens (tertiary/aromatic N) is 2. The van der Waals surface area contributed by atoms with Gasteiger partial charge in [0.25, 0.3) is 0 Å². The SMILES string of the molecule is CC(C)c1nc2ccc(NC(=O)N(C)CC(C)(C)O)cc2s1. The van der Waals surface area contributed by atoms with Crippen LogP contribution in [0.4, 0.5) is 10.5 Å². The zero-order valence-corrected chi connectivity index (χ0v) is 14.5. The molecule has 0 fully saturated rings. The maximum atomic E-state index is 12.1. The number of carbonyl (C=O) groups excluding carboxylic acids is 1. The second-order valence-corrected chi connectivity index (χ2v) is 7.55. The van der Waals surface area contributed by atoms with E-state index in [9.17, 15) is 9.90 Å². The number of anilines is 1. The van der Waals surface area contributed by atoms with Crippen LogP contribution in [-0.4, -0.2) is 40.2 Å². The number of fused-ring (bicyclic) bond motifs is 1. The molecule has 0 aliphatic rings. The van der Waals surface area contributed by atoms with Gasteiger partial charge in [0.15, 0.2) is 0 Å². The Hall–Kier alpha value is -1.66. The molecule has 0 spiro atoms. The van der Waals surface area contributed by atoms with Gasteiger partial charge in [-0.25, -0.2) is 9.78 Å². The molecule has 120 valence electrons. The van der Waals surface area contributed by atoms with E-state index in [-0.39, 0.29) is 12.6 Å². The minimum Gasteiger partial charge on any atom is -0.389 e. The van der Waals surface area contributed by atoms with E-state index in [1.165, 1.54) is 4.90 Å². The Bertz CT molecular complexity index is 674.